The van der Waals surface area contributed by atoms with E-state index in [2.05, 4.69) is 4.74 Å². The van der Waals surface area contributed by atoms with Crippen LogP contribution in [0.15, 0.2) is 24.3 Å². The second kappa shape index (κ2) is 8.88. The van der Waals surface area contributed by atoms with Crippen LogP contribution in [0.3, 0.4) is 0 Å². The van der Waals surface area contributed by atoms with E-state index in [1.807, 2.05) is 5.32 Å². The van der Waals surface area contributed by atoms with Crippen molar-refractivity contribution in [2.75, 3.05) is 13.1 Å². The number of alkyl halides is 5. The molecule has 0 bridgehead atoms. The summed E-state index contributed by atoms with van der Waals surface area (Å²) in [5.41, 5.74) is 4.97. The minimum Gasteiger partial charge on any atom is -0.406 e. The molecule has 0 saturated heterocycles. The number of halogens is 6. The first kappa shape index (κ1) is 21.4. The Morgan fingerprint density at radius 1 is 1.17 bits per heavy atom. The van der Waals surface area contributed by atoms with Gasteiger partial charge in [-0.05, 0) is 18.1 Å². The van der Waals surface area contributed by atoms with Gasteiger partial charge in [0.15, 0.2) is 0 Å². The zero-order valence-electron chi connectivity index (χ0n) is 11.8. The van der Waals surface area contributed by atoms with Crippen molar-refractivity contribution in [3.8, 4) is 5.75 Å². The van der Waals surface area contributed by atoms with Gasteiger partial charge in [0.1, 0.15) is 5.75 Å². The van der Waals surface area contributed by atoms with E-state index in [1.165, 1.54) is 18.2 Å². The van der Waals surface area contributed by atoms with Crippen LogP contribution < -0.4 is 15.8 Å². The summed E-state index contributed by atoms with van der Waals surface area (Å²) in [5.74, 6) is -4.35. The molecule has 4 nitrogen and oxygen atoms in total. The van der Waals surface area contributed by atoms with Crippen LogP contribution in [-0.4, -0.2) is 31.3 Å². The molecule has 0 aliphatic heterocycles. The summed E-state index contributed by atoms with van der Waals surface area (Å²) in [6, 6.07) is 5.32. The quantitative estimate of drug-likeness (QED) is 0.733. The van der Waals surface area contributed by atoms with Crippen molar-refractivity contribution in [3.63, 3.8) is 0 Å². The molecule has 23 heavy (non-hydrogen) atoms. The summed E-state index contributed by atoms with van der Waals surface area (Å²) in [6.07, 6.45) is -5.17. The van der Waals surface area contributed by atoms with Gasteiger partial charge in [0, 0.05) is 6.42 Å². The maximum Gasteiger partial charge on any atom is 0.573 e. The van der Waals surface area contributed by atoms with Crippen molar-refractivity contribution in [2.45, 2.75) is 25.1 Å². The normalized spacial score (nSPS) is 11.6. The zero-order chi connectivity index (χ0) is 16.8. The molecule has 10 heteroatoms. The molecule has 0 aromatic heterocycles. The van der Waals surface area contributed by atoms with E-state index < -0.39 is 37.0 Å². The Kier molecular flexibility index (Phi) is 8.25. The molecule has 0 radical (unpaired) electrons. The van der Waals surface area contributed by atoms with Crippen LogP contribution in [0.4, 0.5) is 22.0 Å². The van der Waals surface area contributed by atoms with Crippen LogP contribution in [0.1, 0.15) is 12.0 Å². The minimum atomic E-state index is -4.85. The average molecular weight is 363 g/mol. The van der Waals surface area contributed by atoms with Crippen molar-refractivity contribution >= 4 is 18.3 Å². The van der Waals surface area contributed by atoms with Crippen LogP contribution in [0, 0.1) is 0 Å². The van der Waals surface area contributed by atoms with E-state index in [0.717, 1.165) is 6.07 Å². The molecular formula is C13H16ClF5N2O2. The molecule has 0 saturated carbocycles. The van der Waals surface area contributed by atoms with E-state index in [0.29, 0.717) is 0 Å². The van der Waals surface area contributed by atoms with Gasteiger partial charge < -0.3 is 15.8 Å². The summed E-state index contributed by atoms with van der Waals surface area (Å²) >= 11 is 0. The molecule has 0 atom stereocenters. The molecule has 0 aliphatic rings. The number of nitrogens with one attached hydrogen (secondary N) is 1. The van der Waals surface area contributed by atoms with E-state index in [4.69, 9.17) is 5.73 Å². The molecule has 0 spiro atoms. The molecule has 3 N–H and O–H groups in total. The smallest absolute Gasteiger partial charge is 0.406 e. The van der Waals surface area contributed by atoms with Gasteiger partial charge in [0.05, 0.1) is 13.1 Å². The monoisotopic (exact) mass is 362 g/mol. The fourth-order valence-corrected chi connectivity index (χ4v) is 1.57. The minimum absolute atomic E-state index is 0. The van der Waals surface area contributed by atoms with Crippen LogP contribution >= 0.6 is 12.4 Å². The van der Waals surface area contributed by atoms with Crippen molar-refractivity contribution in [2.24, 2.45) is 5.73 Å². The lowest BCUT2D eigenvalue weighted by atomic mass is 10.1. The predicted octanol–water partition coefficient (Wildman–Crippen LogP) is 2.65. The molecule has 1 rings (SSSR count). The van der Waals surface area contributed by atoms with Gasteiger partial charge >= 0.3 is 6.36 Å². The number of hydrogen-bond donors (Lipinski definition) is 2. The van der Waals surface area contributed by atoms with Gasteiger partial charge in [0.25, 0.3) is 5.92 Å². The molecule has 132 valence electrons. The Morgan fingerprint density at radius 3 is 2.35 bits per heavy atom. The maximum absolute atomic E-state index is 12.8. The SMILES string of the molecule is Cl.NCC(F)(F)CNC(=O)CCc1ccccc1OC(F)(F)F. The molecule has 1 aromatic rings. The number of amides is 1. The number of carbonyl (C=O) groups is 1. The number of carbonyl (C=O) groups excluding carboxylic acids is 1. The highest BCUT2D eigenvalue weighted by molar-refractivity contribution is 5.85. The van der Waals surface area contributed by atoms with E-state index >= 15 is 0 Å². The van der Waals surface area contributed by atoms with Crippen LogP contribution in [0.5, 0.6) is 5.75 Å². The Morgan fingerprint density at radius 2 is 1.78 bits per heavy atom. The largest absolute Gasteiger partial charge is 0.573 e. The van der Waals surface area contributed by atoms with Gasteiger partial charge in [0.2, 0.25) is 5.91 Å². The number of nitrogens with two attached hydrogens (primary N) is 1. The van der Waals surface area contributed by atoms with Gasteiger partial charge in [-0.2, -0.15) is 0 Å². The second-order valence-electron chi connectivity index (χ2n) is 4.49. The van der Waals surface area contributed by atoms with Crippen LogP contribution in [0.2, 0.25) is 0 Å². The Bertz CT molecular complexity index is 511. The van der Waals surface area contributed by atoms with Crippen molar-refractivity contribution < 1.29 is 31.5 Å². The Hall–Kier alpha value is -1.61. The first-order chi connectivity index (χ1) is 10.1. The highest BCUT2D eigenvalue weighted by atomic mass is 35.5. The summed E-state index contributed by atoms with van der Waals surface area (Å²) < 4.78 is 66.2. The van der Waals surface area contributed by atoms with Gasteiger partial charge in [-0.15, -0.1) is 25.6 Å². The highest BCUT2D eigenvalue weighted by Gasteiger charge is 2.32. The first-order valence-corrected chi connectivity index (χ1v) is 6.31. The van der Waals surface area contributed by atoms with Gasteiger partial charge in [-0.1, -0.05) is 18.2 Å². The fourth-order valence-electron chi connectivity index (χ4n) is 1.57. The molecule has 1 amide bonds. The second-order valence-corrected chi connectivity index (χ2v) is 4.49. The third-order valence-corrected chi connectivity index (χ3v) is 2.66. The molecule has 0 aliphatic carbocycles. The van der Waals surface area contributed by atoms with Crippen molar-refractivity contribution in [1.82, 2.24) is 5.32 Å². The Labute approximate surface area is 135 Å². The predicted molar refractivity (Wildman–Crippen MR) is 75.7 cm³/mol. The number of para-hydroxylation sites is 1. The van der Waals surface area contributed by atoms with Gasteiger partial charge in [-0.25, -0.2) is 8.78 Å². The van der Waals surface area contributed by atoms with Crippen molar-refractivity contribution in [1.29, 1.82) is 0 Å². The highest BCUT2D eigenvalue weighted by Crippen LogP contribution is 2.26. The number of hydrogen-bond acceptors (Lipinski definition) is 3. The molecule has 0 heterocycles. The number of benzene rings is 1. The maximum atomic E-state index is 12.8. The van der Waals surface area contributed by atoms with Crippen LogP contribution in [0.25, 0.3) is 0 Å². The fraction of sp³-hybridized carbons (Fsp3) is 0.462. The molecule has 1 aromatic carbocycles. The standard InChI is InChI=1S/C13H15F5N2O2.ClH/c14-12(15,7-19)8-20-11(21)6-5-9-3-1-2-4-10(9)22-13(16,17)18;/h1-4H,5-8,19H2,(H,20,21);1H. The van der Waals surface area contributed by atoms with E-state index in [9.17, 15) is 26.7 Å². The summed E-state index contributed by atoms with van der Waals surface area (Å²) in [4.78, 5) is 11.4. The topological polar surface area (TPSA) is 64.3 Å². The third kappa shape index (κ3) is 8.56. The lowest BCUT2D eigenvalue weighted by Crippen LogP contribution is -2.41. The zero-order valence-corrected chi connectivity index (χ0v) is 12.6. The van der Waals surface area contributed by atoms with Crippen LogP contribution in [-0.2, 0) is 11.2 Å². The lowest BCUT2D eigenvalue weighted by Gasteiger charge is -2.15. The van der Waals surface area contributed by atoms with Gasteiger partial charge in [-0.3, -0.25) is 4.79 Å². The third-order valence-electron chi connectivity index (χ3n) is 2.66. The Balaban J connectivity index is 0.00000484. The number of ether oxygens (including phenoxy) is 1. The first-order valence-electron chi connectivity index (χ1n) is 6.31. The van der Waals surface area contributed by atoms with Crippen molar-refractivity contribution in [3.05, 3.63) is 29.8 Å². The lowest BCUT2D eigenvalue weighted by molar-refractivity contribution is -0.274. The number of aryl methyl sites for hydroxylation is 1. The summed E-state index contributed by atoms with van der Waals surface area (Å²) in [7, 11) is 0. The molecular weight excluding hydrogens is 347 g/mol. The molecule has 0 unspecified atom stereocenters. The van der Waals surface area contributed by atoms with E-state index in [-0.39, 0.29) is 30.8 Å². The average Bonchev–Trinajstić information content (AvgIpc) is 2.43. The molecule has 0 fully saturated rings. The summed E-state index contributed by atoms with van der Waals surface area (Å²) in [6.45, 7) is -1.82. The summed E-state index contributed by atoms with van der Waals surface area (Å²) in [5, 5.41) is 1.98. The van der Waals surface area contributed by atoms with E-state index in [1.54, 1.807) is 0 Å². The number of rotatable bonds is 7.